The minimum absolute atomic E-state index is 0. The van der Waals surface area contributed by atoms with Crippen LogP contribution in [0.3, 0.4) is 0 Å². The van der Waals surface area contributed by atoms with Crippen LogP contribution in [0, 0.1) is 23.8 Å². The number of rotatable bonds is 3. The van der Waals surface area contributed by atoms with Gasteiger partial charge in [0.05, 0.1) is 0 Å². The minimum atomic E-state index is -0.730. The van der Waals surface area contributed by atoms with Crippen molar-refractivity contribution in [3.63, 3.8) is 0 Å². The first-order valence-corrected chi connectivity index (χ1v) is 9.46. The largest absolute Gasteiger partial charge is 0.400 e. The monoisotopic (exact) mass is 624 g/mol. The zero-order valence-electron chi connectivity index (χ0n) is 17.4. The van der Waals surface area contributed by atoms with Crippen molar-refractivity contribution in [2.75, 3.05) is 7.11 Å². The Morgan fingerprint density at radius 1 is 0.788 bits per heavy atom. The Labute approximate surface area is 203 Å². The predicted molar refractivity (Wildman–Crippen MR) is 116 cm³/mol. The standard InChI is InChI=1S/C12H7F2N4.C11H8N.CH4O.Ir/c13-9-7-10(14)12(18-6-2-4-16-18)8-11(9)17-5-1-3-15-17;1-2-6-10(7-3-1)11-8-4-5-9-12-11;1-2;/h1-7H;1-6,8-9H;2H,1H3;/q2*-1;;. The van der Waals surface area contributed by atoms with Gasteiger partial charge in [-0.2, -0.15) is 10.2 Å². The van der Waals surface area contributed by atoms with E-state index in [1.807, 2.05) is 42.5 Å². The van der Waals surface area contributed by atoms with Crippen LogP contribution < -0.4 is 0 Å². The Morgan fingerprint density at radius 2 is 1.39 bits per heavy atom. The molecule has 3 heterocycles. The quantitative estimate of drug-likeness (QED) is 0.305. The predicted octanol–water partition coefficient (Wildman–Crippen LogP) is 4.29. The van der Waals surface area contributed by atoms with Gasteiger partial charge in [-0.1, -0.05) is 18.2 Å². The second kappa shape index (κ2) is 13.1. The third-order valence-electron chi connectivity index (χ3n) is 4.06. The molecule has 0 spiro atoms. The summed E-state index contributed by atoms with van der Waals surface area (Å²) in [5.41, 5.74) is 2.11. The molecule has 1 N–H and O–H groups in total. The van der Waals surface area contributed by atoms with Crippen molar-refractivity contribution in [3.05, 3.63) is 115 Å². The summed E-state index contributed by atoms with van der Waals surface area (Å²) in [7, 11) is 1.00. The Balaban J connectivity index is 0.000000225. The fourth-order valence-corrected chi connectivity index (χ4v) is 2.69. The van der Waals surface area contributed by atoms with Crippen LogP contribution >= 0.6 is 0 Å². The molecule has 9 heteroatoms. The van der Waals surface area contributed by atoms with Gasteiger partial charge < -0.3 is 10.1 Å². The van der Waals surface area contributed by atoms with E-state index in [1.54, 1.807) is 30.7 Å². The van der Waals surface area contributed by atoms with E-state index in [1.165, 1.54) is 21.8 Å². The van der Waals surface area contributed by atoms with Crippen LogP contribution in [0.5, 0.6) is 0 Å². The molecule has 0 saturated carbocycles. The van der Waals surface area contributed by atoms with Crippen molar-refractivity contribution in [2.45, 2.75) is 0 Å². The van der Waals surface area contributed by atoms with Gasteiger partial charge in [0.25, 0.3) is 0 Å². The van der Waals surface area contributed by atoms with E-state index in [0.29, 0.717) is 0 Å². The summed E-state index contributed by atoms with van der Waals surface area (Å²) in [6.45, 7) is 0. The molecular weight excluding hydrogens is 605 g/mol. The summed E-state index contributed by atoms with van der Waals surface area (Å²) in [4.78, 5) is 4.22. The summed E-state index contributed by atoms with van der Waals surface area (Å²) in [6.07, 6.45) is 7.91. The molecule has 3 aromatic heterocycles. The molecule has 2 aromatic carbocycles. The van der Waals surface area contributed by atoms with Crippen molar-refractivity contribution in [2.24, 2.45) is 0 Å². The molecule has 1 radical (unpaired) electrons. The van der Waals surface area contributed by atoms with E-state index >= 15 is 0 Å². The van der Waals surface area contributed by atoms with Crippen molar-refractivity contribution in [1.29, 1.82) is 0 Å². The van der Waals surface area contributed by atoms with E-state index in [-0.39, 0.29) is 31.5 Å². The van der Waals surface area contributed by atoms with Gasteiger partial charge in [0.2, 0.25) is 0 Å². The number of nitrogens with zero attached hydrogens (tertiary/aromatic N) is 5. The van der Waals surface area contributed by atoms with Crippen molar-refractivity contribution in [3.8, 4) is 22.6 Å². The normalized spacial score (nSPS) is 9.58. The molecule has 0 fully saturated rings. The summed E-state index contributed by atoms with van der Waals surface area (Å²) in [5, 5.41) is 14.8. The van der Waals surface area contributed by atoms with Gasteiger partial charge in [0.15, 0.2) is 0 Å². The number of halogens is 2. The smallest absolute Gasteiger partial charge is 0.0493 e. The summed E-state index contributed by atoms with van der Waals surface area (Å²) < 4.78 is 29.9. The van der Waals surface area contributed by atoms with E-state index in [2.05, 4.69) is 27.3 Å². The fourth-order valence-electron chi connectivity index (χ4n) is 2.69. The van der Waals surface area contributed by atoms with E-state index in [9.17, 15) is 8.78 Å². The number of hydrogen-bond acceptors (Lipinski definition) is 4. The van der Waals surface area contributed by atoms with Crippen LogP contribution in [0.25, 0.3) is 22.6 Å². The number of aromatic nitrogens is 5. The Morgan fingerprint density at radius 3 is 1.85 bits per heavy atom. The van der Waals surface area contributed by atoms with Crippen molar-refractivity contribution < 1.29 is 34.0 Å². The first-order chi connectivity index (χ1) is 15.7. The molecule has 0 atom stereocenters. The molecule has 0 unspecified atom stereocenters. The maximum absolute atomic E-state index is 13.7. The third-order valence-corrected chi connectivity index (χ3v) is 4.06. The van der Waals surface area contributed by atoms with Crippen molar-refractivity contribution >= 4 is 0 Å². The number of aliphatic hydroxyl groups is 1. The zero-order chi connectivity index (χ0) is 22.8. The Hall–Kier alpha value is -3.52. The fraction of sp³-hybridized carbons (Fsp3) is 0.0417. The van der Waals surface area contributed by atoms with E-state index in [0.717, 1.165) is 24.4 Å². The van der Waals surface area contributed by atoms with Gasteiger partial charge in [-0.3, -0.25) is 18.1 Å². The van der Waals surface area contributed by atoms with Crippen molar-refractivity contribution in [1.82, 2.24) is 24.5 Å². The number of aliphatic hydroxyl groups excluding tert-OH is 1. The molecule has 0 amide bonds. The zero-order valence-corrected chi connectivity index (χ0v) is 19.8. The molecule has 5 rings (SSSR count). The van der Waals surface area contributed by atoms with Crippen LogP contribution in [-0.2, 0) is 20.1 Å². The van der Waals surface area contributed by atoms with Gasteiger partial charge in [-0.05, 0) is 35.3 Å². The molecule has 33 heavy (non-hydrogen) atoms. The van der Waals surface area contributed by atoms with Gasteiger partial charge in [0.1, 0.15) is 0 Å². The topological polar surface area (TPSA) is 68.8 Å². The molecule has 171 valence electrons. The molecule has 6 nitrogen and oxygen atoms in total. The second-order valence-corrected chi connectivity index (χ2v) is 6.05. The minimum Gasteiger partial charge on any atom is -0.400 e. The Bertz CT molecular complexity index is 1110. The summed E-state index contributed by atoms with van der Waals surface area (Å²) >= 11 is 0. The third kappa shape index (κ3) is 6.73. The van der Waals surface area contributed by atoms with Gasteiger partial charge in [-0.15, -0.1) is 42.0 Å². The molecule has 5 aromatic rings. The van der Waals surface area contributed by atoms with E-state index in [4.69, 9.17) is 5.11 Å². The van der Waals surface area contributed by atoms with Crippen LogP contribution in [-0.4, -0.2) is 36.8 Å². The average Bonchev–Trinajstić information content (AvgIpc) is 3.57. The van der Waals surface area contributed by atoms with E-state index < -0.39 is 11.6 Å². The molecule has 0 aliphatic rings. The Kier molecular flexibility index (Phi) is 10.2. The molecular formula is C24H19F2IrN5O-2. The van der Waals surface area contributed by atoms with Crippen LogP contribution in [0.1, 0.15) is 0 Å². The molecule has 0 aliphatic heterocycles. The number of pyridine rings is 1. The first kappa shape index (κ1) is 25.7. The second-order valence-electron chi connectivity index (χ2n) is 6.05. The van der Waals surface area contributed by atoms with Gasteiger partial charge in [0, 0.05) is 69.8 Å². The molecule has 0 saturated heterocycles. The molecule has 0 bridgehead atoms. The van der Waals surface area contributed by atoms with Crippen LogP contribution in [0.4, 0.5) is 8.78 Å². The van der Waals surface area contributed by atoms with Gasteiger partial charge in [-0.25, -0.2) is 0 Å². The maximum atomic E-state index is 13.7. The number of hydrogen-bond donors (Lipinski definition) is 1. The van der Waals surface area contributed by atoms with Gasteiger partial charge >= 0.3 is 0 Å². The average molecular weight is 624 g/mol. The van der Waals surface area contributed by atoms with Crippen LogP contribution in [0.2, 0.25) is 0 Å². The first-order valence-electron chi connectivity index (χ1n) is 9.46. The maximum Gasteiger partial charge on any atom is 0.0493 e. The number of benzene rings is 2. The SMILES string of the molecule is CO.Fc1cc(F)c(-n2cccn2)[c-]c1-n1cccn1.[Ir].[c-]1ccccc1-c1ccccn1. The summed E-state index contributed by atoms with van der Waals surface area (Å²) in [6, 6.07) is 23.5. The van der Waals surface area contributed by atoms with Crippen LogP contribution in [0.15, 0.2) is 91.6 Å². The molecule has 0 aliphatic carbocycles. The summed E-state index contributed by atoms with van der Waals surface area (Å²) in [5.74, 6) is -1.46.